The Hall–Kier alpha value is 0.460. The molecule has 55 valence electrons. The van der Waals surface area contributed by atoms with Gasteiger partial charge in [-0.15, -0.1) is 0 Å². The van der Waals surface area contributed by atoms with Crippen LogP contribution >= 0.6 is 23.8 Å². The zero-order valence-corrected chi connectivity index (χ0v) is 9.51. The molecule has 2 nitrogen and oxygen atoms in total. The van der Waals surface area contributed by atoms with Gasteiger partial charge in [-0.1, -0.05) is 23.8 Å². The van der Waals surface area contributed by atoms with E-state index in [2.05, 4.69) is 10.3 Å². The molecular formula is C6H7ClN2NaS. The minimum atomic E-state index is -2.27. The van der Waals surface area contributed by atoms with Gasteiger partial charge in [0.2, 0.25) is 0 Å². The molecular weight excluding hydrogens is 191 g/mol. The van der Waals surface area contributed by atoms with Gasteiger partial charge in [-0.2, -0.15) is 0 Å². The fourth-order valence-corrected chi connectivity index (χ4v) is 0.886. The van der Waals surface area contributed by atoms with Crippen molar-refractivity contribution in [1.82, 2.24) is 4.98 Å². The number of aromatic amines is 1. The first kappa shape index (κ1) is 6.92. The van der Waals surface area contributed by atoms with E-state index in [0.29, 0.717) is 4.51 Å². The molecule has 0 aliphatic rings. The molecule has 0 spiro atoms. The fourth-order valence-electron chi connectivity index (χ4n) is 0.551. The van der Waals surface area contributed by atoms with E-state index in [0.717, 1.165) is 0 Å². The van der Waals surface area contributed by atoms with E-state index in [9.17, 15) is 0 Å². The maximum absolute atomic E-state index is 6.95. The minimum Gasteiger partial charge on any atom is -0.373 e. The molecule has 0 aliphatic carbocycles. The van der Waals surface area contributed by atoms with E-state index in [1.165, 1.54) is 6.20 Å². The summed E-state index contributed by atoms with van der Waals surface area (Å²) in [5, 5.41) is 2.45. The number of hydrogen-bond donors (Lipinski definition) is 2. The van der Waals surface area contributed by atoms with Gasteiger partial charge in [0, 0.05) is 46.8 Å². The summed E-state index contributed by atoms with van der Waals surface area (Å²) in [6, 6.07) is 1.59. The first-order valence-electron chi connectivity index (χ1n) is 4.05. The van der Waals surface area contributed by atoms with Crippen molar-refractivity contribution in [2.24, 2.45) is 0 Å². The third-order valence-electron chi connectivity index (χ3n) is 1.02. The summed E-state index contributed by atoms with van der Waals surface area (Å²) in [5.41, 5.74) is 0. The van der Waals surface area contributed by atoms with E-state index in [4.69, 9.17) is 27.9 Å². The Labute approximate surface area is 102 Å². The van der Waals surface area contributed by atoms with Gasteiger partial charge in [0.1, 0.15) is 5.82 Å². The standard InChI is InChI=1S/C6H7ClN2S.Na/c1-8-6-5(7)4(10)2-3-9-6;/h2-3H,1H3,(H2,8,9,10);/i1D3;. The fraction of sp³-hybridized carbons (Fsp3) is 0.167. The molecule has 11 heavy (non-hydrogen) atoms. The van der Waals surface area contributed by atoms with Crippen molar-refractivity contribution in [3.8, 4) is 0 Å². The van der Waals surface area contributed by atoms with E-state index in [1.54, 1.807) is 6.07 Å². The van der Waals surface area contributed by atoms with Crippen molar-refractivity contribution in [2.45, 2.75) is 0 Å². The quantitative estimate of drug-likeness (QED) is 0.537. The number of pyridine rings is 1. The van der Waals surface area contributed by atoms with Gasteiger partial charge in [0.25, 0.3) is 0 Å². The molecule has 0 saturated heterocycles. The van der Waals surface area contributed by atoms with Crippen molar-refractivity contribution < 1.29 is 4.11 Å². The average Bonchev–Trinajstić information content (AvgIpc) is 1.96. The molecule has 1 rings (SSSR count). The van der Waals surface area contributed by atoms with E-state index < -0.39 is 6.98 Å². The third-order valence-corrected chi connectivity index (χ3v) is 1.87. The van der Waals surface area contributed by atoms with Crippen LogP contribution in [-0.4, -0.2) is 41.5 Å². The summed E-state index contributed by atoms with van der Waals surface area (Å²) < 4.78 is 21.2. The summed E-state index contributed by atoms with van der Waals surface area (Å²) in [4.78, 5) is 2.66. The Morgan fingerprint density at radius 3 is 3.18 bits per heavy atom. The van der Waals surface area contributed by atoms with Gasteiger partial charge in [-0.05, 0) is 6.07 Å². The van der Waals surface area contributed by atoms with E-state index in [-0.39, 0.29) is 40.4 Å². The molecule has 0 saturated carbocycles. The Morgan fingerprint density at radius 1 is 1.82 bits per heavy atom. The van der Waals surface area contributed by atoms with Crippen LogP contribution in [0.1, 0.15) is 4.11 Å². The Morgan fingerprint density at radius 2 is 2.55 bits per heavy atom. The predicted octanol–water partition coefficient (Wildman–Crippen LogP) is 2.06. The predicted molar refractivity (Wildman–Crippen MR) is 51.9 cm³/mol. The molecule has 1 radical (unpaired) electrons. The number of hydrogen-bond acceptors (Lipinski definition) is 2. The van der Waals surface area contributed by atoms with Crippen LogP contribution in [0.3, 0.4) is 0 Å². The van der Waals surface area contributed by atoms with Gasteiger partial charge >= 0.3 is 0 Å². The SMILES string of the molecule is [2H]C([2H])([2H])Nc1[nH]ccc(=S)c1Cl.[Na]. The number of nitrogens with one attached hydrogen (secondary N) is 2. The normalized spacial score (nSPS) is 13.7. The van der Waals surface area contributed by atoms with Gasteiger partial charge in [0.05, 0.1) is 9.53 Å². The Bertz CT molecular complexity index is 365. The molecule has 2 N–H and O–H groups in total. The van der Waals surface area contributed by atoms with Crippen molar-refractivity contribution >= 4 is 59.2 Å². The Kier molecular flexibility index (Phi) is 3.25. The molecule has 0 aliphatic heterocycles. The second-order valence-electron chi connectivity index (χ2n) is 1.66. The maximum Gasteiger partial charge on any atom is 0.123 e. The Balaban J connectivity index is 0.00000169. The molecule has 0 fully saturated rings. The van der Waals surface area contributed by atoms with Gasteiger partial charge in [-0.3, -0.25) is 0 Å². The van der Waals surface area contributed by atoms with Crippen LogP contribution < -0.4 is 5.32 Å². The number of halogens is 1. The van der Waals surface area contributed by atoms with Gasteiger partial charge in [0.15, 0.2) is 0 Å². The minimum absolute atomic E-state index is 0. The van der Waals surface area contributed by atoms with E-state index in [1.807, 2.05) is 0 Å². The van der Waals surface area contributed by atoms with Crippen LogP contribution in [0.5, 0.6) is 0 Å². The molecule has 0 unspecified atom stereocenters. The summed E-state index contributed by atoms with van der Waals surface area (Å²) in [6.07, 6.45) is 1.53. The first-order chi connectivity index (χ1) is 5.90. The van der Waals surface area contributed by atoms with Crippen LogP contribution in [0.4, 0.5) is 5.82 Å². The van der Waals surface area contributed by atoms with Crippen molar-refractivity contribution in [1.29, 1.82) is 0 Å². The molecule has 1 aromatic rings. The molecule has 0 bridgehead atoms. The molecule has 1 aromatic heterocycles. The monoisotopic (exact) mass is 200 g/mol. The topological polar surface area (TPSA) is 27.8 Å². The second kappa shape index (κ2) is 5.17. The molecule has 0 amide bonds. The summed E-state index contributed by atoms with van der Waals surface area (Å²) in [5.74, 6) is 0.217. The molecule has 1 heterocycles. The second-order valence-corrected chi connectivity index (χ2v) is 2.47. The van der Waals surface area contributed by atoms with Crippen LogP contribution in [0, 0.1) is 4.51 Å². The smallest absolute Gasteiger partial charge is 0.123 e. The summed E-state index contributed by atoms with van der Waals surface area (Å²) in [7, 11) is 0. The van der Waals surface area contributed by atoms with Gasteiger partial charge < -0.3 is 10.3 Å². The average molecular weight is 201 g/mol. The number of rotatable bonds is 1. The summed E-state index contributed by atoms with van der Waals surface area (Å²) in [6.45, 7) is -2.27. The van der Waals surface area contributed by atoms with Crippen molar-refractivity contribution in [3.63, 3.8) is 0 Å². The largest absolute Gasteiger partial charge is 0.373 e. The molecule has 5 heteroatoms. The van der Waals surface area contributed by atoms with Gasteiger partial charge in [-0.25, -0.2) is 0 Å². The maximum atomic E-state index is 6.95. The zero-order valence-electron chi connectivity index (χ0n) is 8.94. The van der Waals surface area contributed by atoms with Crippen LogP contribution in [0.2, 0.25) is 5.02 Å². The summed E-state index contributed by atoms with van der Waals surface area (Å²) >= 11 is 10.6. The first-order valence-corrected chi connectivity index (χ1v) is 3.34. The van der Waals surface area contributed by atoms with E-state index >= 15 is 0 Å². The third kappa shape index (κ3) is 2.76. The molecule has 0 aromatic carbocycles. The zero-order chi connectivity index (χ0) is 10.1. The number of aromatic nitrogens is 1. The van der Waals surface area contributed by atoms with Crippen LogP contribution in [-0.2, 0) is 0 Å². The number of H-pyrrole nitrogens is 1. The molecule has 0 atom stereocenters. The van der Waals surface area contributed by atoms with Crippen LogP contribution in [0.15, 0.2) is 12.3 Å². The van der Waals surface area contributed by atoms with Crippen molar-refractivity contribution in [2.75, 3.05) is 12.3 Å². The van der Waals surface area contributed by atoms with Crippen molar-refractivity contribution in [3.05, 3.63) is 21.8 Å². The number of anilines is 1. The van der Waals surface area contributed by atoms with Crippen LogP contribution in [0.25, 0.3) is 0 Å².